The number of aromatic nitrogens is 3. The second kappa shape index (κ2) is 6.93. The third kappa shape index (κ3) is 3.79. The Bertz CT molecular complexity index is 815. The largest absolute Gasteiger partial charge is 0.364 e. The van der Waals surface area contributed by atoms with Gasteiger partial charge in [-0.05, 0) is 18.8 Å². The van der Waals surface area contributed by atoms with Crippen LogP contribution >= 0.6 is 0 Å². The maximum Gasteiger partial charge on any atom is 0.271 e. The number of carbonyl (C=O) groups excluding carboxylic acids is 2. The van der Waals surface area contributed by atoms with Gasteiger partial charge in [0.1, 0.15) is 11.8 Å². The van der Waals surface area contributed by atoms with Gasteiger partial charge in [-0.15, -0.1) is 0 Å². The van der Waals surface area contributed by atoms with Crippen LogP contribution in [0.4, 0.5) is 0 Å². The molecule has 0 atom stereocenters. The van der Waals surface area contributed by atoms with Crippen LogP contribution < -0.4 is 5.32 Å². The van der Waals surface area contributed by atoms with Crippen LogP contribution in [0.1, 0.15) is 59.4 Å². The van der Waals surface area contributed by atoms with Crippen molar-refractivity contribution in [1.82, 2.24) is 24.9 Å². The number of aryl methyl sites for hydroxylation is 2. The van der Waals surface area contributed by atoms with Crippen molar-refractivity contribution in [2.45, 2.75) is 47.2 Å². The smallest absolute Gasteiger partial charge is 0.271 e. The van der Waals surface area contributed by atoms with Gasteiger partial charge in [-0.3, -0.25) is 9.59 Å². The summed E-state index contributed by atoms with van der Waals surface area (Å²) in [7, 11) is 0. The average Bonchev–Trinajstić information content (AvgIpc) is 3.11. The number of carbonyl (C=O) groups is 2. The molecule has 1 N–H and O–H groups in total. The Morgan fingerprint density at radius 3 is 2.73 bits per heavy atom. The Morgan fingerprint density at radius 2 is 2.08 bits per heavy atom. The summed E-state index contributed by atoms with van der Waals surface area (Å²) in [5, 5.41) is 6.71. The minimum Gasteiger partial charge on any atom is -0.364 e. The van der Waals surface area contributed by atoms with E-state index < -0.39 is 0 Å². The molecule has 26 heavy (non-hydrogen) atoms. The lowest BCUT2D eigenvalue weighted by Gasteiger charge is -2.21. The molecule has 0 aliphatic carbocycles. The van der Waals surface area contributed by atoms with Crippen LogP contribution in [0.2, 0.25) is 0 Å². The fourth-order valence-corrected chi connectivity index (χ4v) is 2.92. The third-order valence-electron chi connectivity index (χ3n) is 4.38. The van der Waals surface area contributed by atoms with Gasteiger partial charge in [-0.25, -0.2) is 4.98 Å². The highest BCUT2D eigenvalue weighted by Crippen LogP contribution is 2.20. The first kappa shape index (κ1) is 18.2. The second-order valence-electron chi connectivity index (χ2n) is 7.87. The van der Waals surface area contributed by atoms with E-state index in [2.05, 4.69) is 36.2 Å². The third-order valence-corrected chi connectivity index (χ3v) is 4.38. The van der Waals surface area contributed by atoms with Crippen LogP contribution in [-0.4, -0.2) is 44.5 Å². The first-order valence-corrected chi connectivity index (χ1v) is 8.79. The van der Waals surface area contributed by atoms with Crippen molar-refractivity contribution in [3.63, 3.8) is 0 Å². The van der Waals surface area contributed by atoms with Gasteiger partial charge < -0.3 is 19.3 Å². The Balaban J connectivity index is 1.81. The van der Waals surface area contributed by atoms with E-state index in [-0.39, 0.29) is 17.2 Å². The van der Waals surface area contributed by atoms with E-state index in [1.807, 2.05) is 4.57 Å². The van der Waals surface area contributed by atoms with Crippen LogP contribution in [0.15, 0.2) is 17.1 Å². The van der Waals surface area contributed by atoms with Crippen molar-refractivity contribution in [3.8, 4) is 0 Å². The Kier molecular flexibility index (Phi) is 4.84. The lowest BCUT2D eigenvalue weighted by atomic mass is 9.97. The topological polar surface area (TPSA) is 93.3 Å². The molecule has 8 heteroatoms. The van der Waals surface area contributed by atoms with Crippen LogP contribution in [0.25, 0.3) is 0 Å². The summed E-state index contributed by atoms with van der Waals surface area (Å²) in [5.41, 5.74) is 2.15. The molecule has 3 heterocycles. The standard InChI is InChI=1S/C18H25N5O3/c1-12-13(9-26-21-12)17(25)22-6-5-7-23-11-20-15(14(23)8-22)16(24)19-10-18(2,3)4/h9,11H,5-8,10H2,1-4H3,(H,19,24). The molecule has 0 radical (unpaired) electrons. The summed E-state index contributed by atoms with van der Waals surface area (Å²) in [6.45, 7) is 10.1. The van der Waals surface area contributed by atoms with Gasteiger partial charge in [-0.1, -0.05) is 25.9 Å². The van der Waals surface area contributed by atoms with Gasteiger partial charge >= 0.3 is 0 Å². The molecular formula is C18H25N5O3. The van der Waals surface area contributed by atoms with Gasteiger partial charge in [-0.2, -0.15) is 0 Å². The summed E-state index contributed by atoms with van der Waals surface area (Å²) < 4.78 is 6.85. The van der Waals surface area contributed by atoms with E-state index in [0.29, 0.717) is 36.6 Å². The number of hydrogen-bond acceptors (Lipinski definition) is 5. The number of imidazole rings is 1. The maximum atomic E-state index is 12.8. The maximum absolute atomic E-state index is 12.8. The first-order chi connectivity index (χ1) is 12.3. The van der Waals surface area contributed by atoms with Crippen molar-refractivity contribution in [1.29, 1.82) is 0 Å². The summed E-state index contributed by atoms with van der Waals surface area (Å²) in [4.78, 5) is 31.4. The zero-order valence-electron chi connectivity index (χ0n) is 15.7. The summed E-state index contributed by atoms with van der Waals surface area (Å²) in [6.07, 6.45) is 3.85. The van der Waals surface area contributed by atoms with Gasteiger partial charge in [0, 0.05) is 19.6 Å². The predicted molar refractivity (Wildman–Crippen MR) is 94.6 cm³/mol. The van der Waals surface area contributed by atoms with Crippen LogP contribution in [0, 0.1) is 12.3 Å². The highest BCUT2D eigenvalue weighted by molar-refractivity contribution is 5.96. The van der Waals surface area contributed by atoms with Crippen LogP contribution in [0.5, 0.6) is 0 Å². The lowest BCUT2D eigenvalue weighted by Crippen LogP contribution is -2.34. The Hall–Kier alpha value is -2.64. The van der Waals surface area contributed by atoms with Crippen molar-refractivity contribution >= 4 is 11.8 Å². The minimum absolute atomic E-state index is 0.0137. The normalized spacial score (nSPS) is 14.7. The van der Waals surface area contributed by atoms with E-state index in [1.54, 1.807) is 18.2 Å². The molecule has 1 aliphatic rings. The molecule has 0 saturated carbocycles. The summed E-state index contributed by atoms with van der Waals surface area (Å²) in [6, 6.07) is 0. The van der Waals surface area contributed by atoms with Crippen molar-refractivity contribution in [2.75, 3.05) is 13.1 Å². The molecule has 0 unspecified atom stereocenters. The molecule has 2 amide bonds. The lowest BCUT2D eigenvalue weighted by molar-refractivity contribution is 0.0741. The van der Waals surface area contributed by atoms with Gasteiger partial charge in [0.15, 0.2) is 5.69 Å². The number of nitrogens with one attached hydrogen (secondary N) is 1. The highest BCUT2D eigenvalue weighted by Gasteiger charge is 2.27. The van der Waals surface area contributed by atoms with Gasteiger partial charge in [0.25, 0.3) is 11.8 Å². The second-order valence-corrected chi connectivity index (χ2v) is 7.87. The zero-order valence-corrected chi connectivity index (χ0v) is 15.7. The van der Waals surface area contributed by atoms with E-state index in [0.717, 1.165) is 18.7 Å². The molecule has 8 nitrogen and oxygen atoms in total. The summed E-state index contributed by atoms with van der Waals surface area (Å²) >= 11 is 0. The molecule has 0 aromatic carbocycles. The van der Waals surface area contributed by atoms with Gasteiger partial charge in [0.2, 0.25) is 0 Å². The minimum atomic E-state index is -0.205. The highest BCUT2D eigenvalue weighted by atomic mass is 16.5. The molecule has 2 aromatic heterocycles. The summed E-state index contributed by atoms with van der Waals surface area (Å²) in [5.74, 6) is -0.344. The number of hydrogen-bond donors (Lipinski definition) is 1. The molecule has 2 aromatic rings. The Labute approximate surface area is 152 Å². The number of fused-ring (bicyclic) bond motifs is 1. The fraction of sp³-hybridized carbons (Fsp3) is 0.556. The van der Waals surface area contributed by atoms with E-state index in [4.69, 9.17) is 4.52 Å². The predicted octanol–water partition coefficient (Wildman–Crippen LogP) is 2.00. The molecule has 140 valence electrons. The average molecular weight is 359 g/mol. The molecule has 1 aliphatic heterocycles. The van der Waals surface area contributed by atoms with Crippen molar-refractivity contribution in [3.05, 3.63) is 35.2 Å². The monoisotopic (exact) mass is 359 g/mol. The molecular weight excluding hydrogens is 334 g/mol. The first-order valence-electron chi connectivity index (χ1n) is 8.79. The van der Waals surface area contributed by atoms with E-state index in [9.17, 15) is 9.59 Å². The zero-order chi connectivity index (χ0) is 18.9. The van der Waals surface area contributed by atoms with Gasteiger partial charge in [0.05, 0.1) is 24.3 Å². The molecule has 0 spiro atoms. The molecule has 3 rings (SSSR count). The molecule has 0 fully saturated rings. The number of nitrogens with zero attached hydrogens (tertiary/aromatic N) is 4. The Morgan fingerprint density at radius 1 is 1.31 bits per heavy atom. The molecule has 0 bridgehead atoms. The molecule has 0 saturated heterocycles. The number of amides is 2. The quantitative estimate of drug-likeness (QED) is 0.905. The fourth-order valence-electron chi connectivity index (χ4n) is 2.92. The number of rotatable bonds is 3. The van der Waals surface area contributed by atoms with E-state index >= 15 is 0 Å². The van der Waals surface area contributed by atoms with Crippen LogP contribution in [0.3, 0.4) is 0 Å². The SMILES string of the molecule is Cc1nocc1C(=O)N1CCCn2cnc(C(=O)NCC(C)(C)C)c2C1. The van der Waals surface area contributed by atoms with E-state index in [1.165, 1.54) is 6.26 Å². The van der Waals surface area contributed by atoms with Crippen molar-refractivity contribution < 1.29 is 14.1 Å². The van der Waals surface area contributed by atoms with Crippen LogP contribution in [-0.2, 0) is 13.1 Å². The van der Waals surface area contributed by atoms with Crippen molar-refractivity contribution in [2.24, 2.45) is 5.41 Å².